The van der Waals surface area contributed by atoms with Gasteiger partial charge in [-0.1, -0.05) is 20.8 Å². The second kappa shape index (κ2) is 3.20. The third-order valence-corrected chi connectivity index (χ3v) is 2.31. The number of hydrogen-bond donors (Lipinski definition) is 0. The van der Waals surface area contributed by atoms with Crippen molar-refractivity contribution >= 4 is 6.34 Å². The highest BCUT2D eigenvalue weighted by molar-refractivity contribution is 5.56. The van der Waals surface area contributed by atoms with Gasteiger partial charge in [0.05, 0.1) is 0 Å². The Bertz CT molecular complexity index is 203. The summed E-state index contributed by atoms with van der Waals surface area (Å²) in [5, 5.41) is 6.57. The van der Waals surface area contributed by atoms with Crippen LogP contribution in [0, 0.1) is 5.41 Å². The average Bonchev–Trinajstić information content (AvgIpc) is 2.28. The molecule has 0 spiro atoms. The average molecular weight is 183 g/mol. The minimum Gasteiger partial charge on any atom is -0.342 e. The van der Waals surface area contributed by atoms with Crippen LogP contribution in [0.1, 0.15) is 34.6 Å². The van der Waals surface area contributed by atoms with Gasteiger partial charge >= 0.3 is 0 Å². The fraction of sp³-hybridized carbons (Fsp3) is 0.900. The summed E-state index contributed by atoms with van der Waals surface area (Å²) in [4.78, 5) is 2.18. The number of nitrogens with zero attached hydrogens (tertiary/aromatic N) is 3. The molecule has 0 aromatic heterocycles. The molecule has 0 aromatic carbocycles. The fourth-order valence-corrected chi connectivity index (χ4v) is 1.88. The lowest BCUT2D eigenvalue weighted by Crippen LogP contribution is -2.49. The topological polar surface area (TPSA) is 18.8 Å². The Morgan fingerprint density at radius 3 is 2.15 bits per heavy atom. The summed E-state index contributed by atoms with van der Waals surface area (Å²) in [6, 6.07) is 0.463. The van der Waals surface area contributed by atoms with Crippen LogP contribution in [0.2, 0.25) is 0 Å². The second-order valence-corrected chi connectivity index (χ2v) is 5.11. The van der Waals surface area contributed by atoms with Gasteiger partial charge in [-0.25, -0.2) is 0 Å². The Hall–Kier alpha value is -0.730. The lowest BCUT2D eigenvalue weighted by Gasteiger charge is -2.39. The Balaban J connectivity index is 2.82. The lowest BCUT2D eigenvalue weighted by molar-refractivity contribution is 0.0265. The minimum atomic E-state index is 0.232. The third-order valence-electron chi connectivity index (χ3n) is 2.31. The first-order valence-electron chi connectivity index (χ1n) is 4.88. The van der Waals surface area contributed by atoms with Crippen LogP contribution >= 0.6 is 0 Å². The molecule has 0 bridgehead atoms. The van der Waals surface area contributed by atoms with Crippen LogP contribution < -0.4 is 0 Å². The Morgan fingerprint density at radius 1 is 1.31 bits per heavy atom. The zero-order chi connectivity index (χ0) is 10.2. The van der Waals surface area contributed by atoms with Crippen LogP contribution in [-0.2, 0) is 0 Å². The molecule has 0 aromatic rings. The van der Waals surface area contributed by atoms with E-state index in [2.05, 4.69) is 56.7 Å². The van der Waals surface area contributed by atoms with Gasteiger partial charge in [0.2, 0.25) is 0 Å². The summed E-state index contributed by atoms with van der Waals surface area (Å²) in [6.45, 7) is 11.1. The maximum atomic E-state index is 4.40. The van der Waals surface area contributed by atoms with Crippen molar-refractivity contribution in [2.45, 2.75) is 46.8 Å². The highest BCUT2D eigenvalue weighted by atomic mass is 15.6. The minimum absolute atomic E-state index is 0.232. The zero-order valence-electron chi connectivity index (χ0n) is 9.57. The Kier molecular flexibility index (Phi) is 2.55. The third kappa shape index (κ3) is 1.95. The SMILES string of the molecule is CC(C)N1N=CN(C)C1C(C)(C)C. The van der Waals surface area contributed by atoms with Gasteiger partial charge < -0.3 is 4.90 Å². The van der Waals surface area contributed by atoms with E-state index < -0.39 is 0 Å². The highest BCUT2D eigenvalue weighted by Gasteiger charge is 2.36. The van der Waals surface area contributed by atoms with Crippen LogP contribution in [0.25, 0.3) is 0 Å². The van der Waals surface area contributed by atoms with E-state index in [0.29, 0.717) is 12.2 Å². The quantitative estimate of drug-likeness (QED) is 0.619. The fourth-order valence-electron chi connectivity index (χ4n) is 1.88. The van der Waals surface area contributed by atoms with Crippen molar-refractivity contribution in [3.63, 3.8) is 0 Å². The molecule has 1 aliphatic rings. The smallest absolute Gasteiger partial charge is 0.124 e. The molecule has 0 radical (unpaired) electrons. The van der Waals surface area contributed by atoms with E-state index in [0.717, 1.165) is 0 Å². The maximum absolute atomic E-state index is 4.40. The van der Waals surface area contributed by atoms with E-state index in [4.69, 9.17) is 0 Å². The number of rotatable bonds is 1. The molecule has 0 saturated heterocycles. The molecule has 1 heterocycles. The molecule has 13 heavy (non-hydrogen) atoms. The van der Waals surface area contributed by atoms with E-state index in [1.165, 1.54) is 0 Å². The molecule has 3 heteroatoms. The molecule has 76 valence electrons. The van der Waals surface area contributed by atoms with E-state index >= 15 is 0 Å². The van der Waals surface area contributed by atoms with Gasteiger partial charge in [0, 0.05) is 18.5 Å². The molecule has 0 saturated carbocycles. The van der Waals surface area contributed by atoms with Gasteiger partial charge in [-0.2, -0.15) is 5.10 Å². The standard InChI is InChI=1S/C10H21N3/c1-8(2)13-9(10(3,4)5)12(6)7-11-13/h7-9H,1-6H3. The van der Waals surface area contributed by atoms with Crippen molar-refractivity contribution in [1.29, 1.82) is 0 Å². The van der Waals surface area contributed by atoms with Crippen LogP contribution in [0.4, 0.5) is 0 Å². The maximum Gasteiger partial charge on any atom is 0.124 e. The summed E-state index contributed by atoms with van der Waals surface area (Å²) < 4.78 is 0. The van der Waals surface area contributed by atoms with Crippen molar-refractivity contribution in [2.24, 2.45) is 10.5 Å². The predicted octanol–water partition coefficient (Wildman–Crippen LogP) is 1.96. The molecule has 3 nitrogen and oxygen atoms in total. The molecular weight excluding hydrogens is 162 g/mol. The monoisotopic (exact) mass is 183 g/mol. The van der Waals surface area contributed by atoms with E-state index in [1.807, 2.05) is 6.34 Å². The first-order valence-corrected chi connectivity index (χ1v) is 4.88. The van der Waals surface area contributed by atoms with Crippen molar-refractivity contribution in [1.82, 2.24) is 9.91 Å². The largest absolute Gasteiger partial charge is 0.342 e. The predicted molar refractivity (Wildman–Crippen MR) is 56.5 cm³/mol. The second-order valence-electron chi connectivity index (χ2n) is 5.11. The van der Waals surface area contributed by atoms with Crippen molar-refractivity contribution < 1.29 is 0 Å². The molecule has 1 aliphatic heterocycles. The van der Waals surface area contributed by atoms with Gasteiger partial charge in [0.25, 0.3) is 0 Å². The van der Waals surface area contributed by atoms with Crippen molar-refractivity contribution in [2.75, 3.05) is 7.05 Å². The zero-order valence-corrected chi connectivity index (χ0v) is 9.57. The van der Waals surface area contributed by atoms with Crippen LogP contribution in [0.15, 0.2) is 5.10 Å². The first kappa shape index (κ1) is 10.4. The van der Waals surface area contributed by atoms with Gasteiger partial charge in [0.1, 0.15) is 12.5 Å². The first-order chi connectivity index (χ1) is 5.84. The Morgan fingerprint density at radius 2 is 1.85 bits per heavy atom. The summed E-state index contributed by atoms with van der Waals surface area (Å²) in [5.41, 5.74) is 0.232. The summed E-state index contributed by atoms with van der Waals surface area (Å²) in [6.07, 6.45) is 2.29. The van der Waals surface area contributed by atoms with Crippen LogP contribution in [0.5, 0.6) is 0 Å². The molecule has 0 N–H and O–H groups in total. The lowest BCUT2D eigenvalue weighted by atomic mass is 9.91. The summed E-state index contributed by atoms with van der Waals surface area (Å²) >= 11 is 0. The number of hydrogen-bond acceptors (Lipinski definition) is 3. The van der Waals surface area contributed by atoms with E-state index in [9.17, 15) is 0 Å². The molecule has 1 unspecified atom stereocenters. The van der Waals surface area contributed by atoms with Crippen LogP contribution in [-0.4, -0.2) is 35.5 Å². The molecular formula is C10H21N3. The summed E-state index contributed by atoms with van der Waals surface area (Å²) in [5.74, 6) is 0. The van der Waals surface area contributed by atoms with E-state index in [1.54, 1.807) is 0 Å². The van der Waals surface area contributed by atoms with Gasteiger partial charge in [0.15, 0.2) is 0 Å². The van der Waals surface area contributed by atoms with Crippen molar-refractivity contribution in [3.8, 4) is 0 Å². The van der Waals surface area contributed by atoms with E-state index in [-0.39, 0.29) is 5.41 Å². The van der Waals surface area contributed by atoms with Crippen LogP contribution in [0.3, 0.4) is 0 Å². The molecule has 1 atom stereocenters. The molecule has 0 aliphatic carbocycles. The number of hydrazone groups is 1. The molecule has 1 rings (SSSR count). The van der Waals surface area contributed by atoms with Crippen molar-refractivity contribution in [3.05, 3.63) is 0 Å². The van der Waals surface area contributed by atoms with Gasteiger partial charge in [-0.05, 0) is 13.8 Å². The highest BCUT2D eigenvalue weighted by Crippen LogP contribution is 2.30. The Labute approximate surface area is 81.4 Å². The van der Waals surface area contributed by atoms with Gasteiger partial charge in [-0.3, -0.25) is 5.01 Å². The summed E-state index contributed by atoms with van der Waals surface area (Å²) in [7, 11) is 2.09. The molecule has 0 fully saturated rings. The normalized spacial score (nSPS) is 23.5. The van der Waals surface area contributed by atoms with Gasteiger partial charge in [-0.15, -0.1) is 0 Å². The molecule has 0 amide bonds.